The summed E-state index contributed by atoms with van der Waals surface area (Å²) in [5.74, 6) is 0. The maximum absolute atomic E-state index is 13.4. The highest BCUT2D eigenvalue weighted by Crippen LogP contribution is 2.31. The standard InChI is InChI=1S/C22H25BrN2OS/c23-16-10-9-11-17(14-16)25-15-24-21-20(22(25)26)18-12-7-5-3-1-2-4-6-8-13-19(18)27-21/h9-11,14-15H,1-8,12-13H2. The quantitative estimate of drug-likeness (QED) is 0.433. The number of rotatable bonds is 1. The summed E-state index contributed by atoms with van der Waals surface area (Å²) in [5.41, 5.74) is 2.21. The van der Waals surface area contributed by atoms with E-state index < -0.39 is 0 Å². The topological polar surface area (TPSA) is 34.9 Å². The second-order valence-corrected chi connectivity index (χ2v) is 9.41. The van der Waals surface area contributed by atoms with E-state index in [-0.39, 0.29) is 5.56 Å². The van der Waals surface area contributed by atoms with Crippen LogP contribution < -0.4 is 5.56 Å². The molecule has 0 radical (unpaired) electrons. The third-order valence-corrected chi connectivity index (χ3v) is 7.16. The van der Waals surface area contributed by atoms with Crippen molar-refractivity contribution < 1.29 is 0 Å². The van der Waals surface area contributed by atoms with Crippen molar-refractivity contribution >= 4 is 37.5 Å². The summed E-state index contributed by atoms with van der Waals surface area (Å²) in [6, 6.07) is 7.85. The number of hydrogen-bond donors (Lipinski definition) is 0. The first-order chi connectivity index (χ1) is 13.2. The lowest BCUT2D eigenvalue weighted by molar-refractivity contribution is 0.562. The van der Waals surface area contributed by atoms with Gasteiger partial charge in [-0.3, -0.25) is 9.36 Å². The van der Waals surface area contributed by atoms with Gasteiger partial charge in [-0.1, -0.05) is 60.5 Å². The number of hydrogen-bond acceptors (Lipinski definition) is 3. The van der Waals surface area contributed by atoms with Gasteiger partial charge in [-0.2, -0.15) is 0 Å². The van der Waals surface area contributed by atoms with E-state index in [1.54, 1.807) is 22.2 Å². The first kappa shape index (κ1) is 18.9. The summed E-state index contributed by atoms with van der Waals surface area (Å²) in [7, 11) is 0. The summed E-state index contributed by atoms with van der Waals surface area (Å²) in [6.07, 6.45) is 14.1. The van der Waals surface area contributed by atoms with Gasteiger partial charge >= 0.3 is 0 Å². The van der Waals surface area contributed by atoms with Crippen LogP contribution in [-0.2, 0) is 12.8 Å². The number of benzene rings is 1. The minimum absolute atomic E-state index is 0.0719. The van der Waals surface area contributed by atoms with Crippen LogP contribution in [0.2, 0.25) is 0 Å². The first-order valence-corrected chi connectivity index (χ1v) is 11.6. The summed E-state index contributed by atoms with van der Waals surface area (Å²) in [5, 5.41) is 0.856. The monoisotopic (exact) mass is 444 g/mol. The third-order valence-electron chi connectivity index (χ3n) is 5.46. The van der Waals surface area contributed by atoms with Gasteiger partial charge in [-0.25, -0.2) is 4.98 Å². The Labute approximate surface area is 172 Å². The minimum Gasteiger partial charge on any atom is -0.268 e. The van der Waals surface area contributed by atoms with Crippen molar-refractivity contribution in [1.82, 2.24) is 9.55 Å². The normalized spacial score (nSPS) is 16.5. The molecule has 0 bridgehead atoms. The highest BCUT2D eigenvalue weighted by Gasteiger charge is 2.18. The van der Waals surface area contributed by atoms with Gasteiger partial charge in [0, 0.05) is 9.35 Å². The van der Waals surface area contributed by atoms with Crippen molar-refractivity contribution in [2.75, 3.05) is 0 Å². The maximum atomic E-state index is 13.4. The van der Waals surface area contributed by atoms with Gasteiger partial charge in [-0.05, 0) is 49.4 Å². The van der Waals surface area contributed by atoms with Crippen LogP contribution >= 0.6 is 27.3 Å². The van der Waals surface area contributed by atoms with E-state index in [2.05, 4.69) is 20.9 Å². The van der Waals surface area contributed by atoms with E-state index in [1.807, 2.05) is 24.3 Å². The SMILES string of the molecule is O=c1c2c3c(sc2ncn1-c1cccc(Br)c1)CCCCCCCCCC3. The van der Waals surface area contributed by atoms with Crippen LogP contribution in [0.5, 0.6) is 0 Å². The van der Waals surface area contributed by atoms with Crippen molar-refractivity contribution in [2.24, 2.45) is 0 Å². The zero-order valence-electron chi connectivity index (χ0n) is 15.5. The van der Waals surface area contributed by atoms with Crippen molar-refractivity contribution in [3.05, 3.63) is 55.9 Å². The molecule has 0 fully saturated rings. The van der Waals surface area contributed by atoms with E-state index in [0.717, 1.165) is 33.2 Å². The Morgan fingerprint density at radius 1 is 0.963 bits per heavy atom. The number of aryl methyl sites for hydroxylation is 2. The highest BCUT2D eigenvalue weighted by molar-refractivity contribution is 9.10. The average Bonchev–Trinajstić information content (AvgIpc) is 3.00. The number of aromatic nitrogens is 2. The van der Waals surface area contributed by atoms with Gasteiger partial charge in [0.1, 0.15) is 11.2 Å². The van der Waals surface area contributed by atoms with Gasteiger partial charge < -0.3 is 0 Å². The Balaban J connectivity index is 1.79. The van der Waals surface area contributed by atoms with Crippen LogP contribution in [0.25, 0.3) is 15.9 Å². The molecule has 27 heavy (non-hydrogen) atoms. The minimum atomic E-state index is 0.0719. The predicted octanol–water partition coefficient (Wildman–Crippen LogP) is 6.43. The van der Waals surface area contributed by atoms with Crippen LogP contribution in [0, 0.1) is 0 Å². The number of thiophene rings is 1. The molecule has 0 saturated carbocycles. The van der Waals surface area contributed by atoms with Crippen molar-refractivity contribution in [3.63, 3.8) is 0 Å². The third kappa shape index (κ3) is 4.19. The summed E-state index contributed by atoms with van der Waals surface area (Å²) < 4.78 is 2.66. The summed E-state index contributed by atoms with van der Waals surface area (Å²) in [4.78, 5) is 20.3. The molecule has 0 aliphatic heterocycles. The molecule has 3 nitrogen and oxygen atoms in total. The van der Waals surface area contributed by atoms with Crippen LogP contribution in [-0.4, -0.2) is 9.55 Å². The molecule has 1 aromatic carbocycles. The highest BCUT2D eigenvalue weighted by atomic mass is 79.9. The van der Waals surface area contributed by atoms with Gasteiger partial charge in [-0.15, -0.1) is 11.3 Å². The van der Waals surface area contributed by atoms with Crippen LogP contribution in [0.4, 0.5) is 0 Å². The van der Waals surface area contributed by atoms with Crippen molar-refractivity contribution in [3.8, 4) is 5.69 Å². The molecule has 0 saturated heterocycles. The molecule has 0 amide bonds. The zero-order chi connectivity index (χ0) is 18.6. The summed E-state index contributed by atoms with van der Waals surface area (Å²) >= 11 is 5.24. The lowest BCUT2D eigenvalue weighted by atomic mass is 9.99. The lowest BCUT2D eigenvalue weighted by Gasteiger charge is -2.09. The fourth-order valence-electron chi connectivity index (χ4n) is 4.02. The Bertz CT molecular complexity index is 992. The van der Waals surface area contributed by atoms with E-state index in [0.29, 0.717) is 0 Å². The molecule has 2 aromatic heterocycles. The number of nitrogens with zero attached hydrogens (tertiary/aromatic N) is 2. The zero-order valence-corrected chi connectivity index (χ0v) is 17.9. The van der Waals surface area contributed by atoms with Gasteiger partial charge in [0.2, 0.25) is 0 Å². The van der Waals surface area contributed by atoms with E-state index in [4.69, 9.17) is 0 Å². The summed E-state index contributed by atoms with van der Waals surface area (Å²) in [6.45, 7) is 0. The van der Waals surface area contributed by atoms with E-state index in [9.17, 15) is 4.79 Å². The molecule has 2 heterocycles. The van der Waals surface area contributed by atoms with Crippen molar-refractivity contribution in [1.29, 1.82) is 0 Å². The molecular weight excluding hydrogens is 420 g/mol. The fourth-order valence-corrected chi connectivity index (χ4v) is 5.62. The molecule has 0 unspecified atom stereocenters. The van der Waals surface area contributed by atoms with E-state index >= 15 is 0 Å². The molecule has 1 aliphatic carbocycles. The second-order valence-electron chi connectivity index (χ2n) is 7.41. The maximum Gasteiger partial charge on any atom is 0.266 e. The number of halogens is 1. The Morgan fingerprint density at radius 2 is 1.67 bits per heavy atom. The Hall–Kier alpha value is -1.46. The molecule has 5 heteroatoms. The van der Waals surface area contributed by atoms with Gasteiger partial charge in [0.05, 0.1) is 11.1 Å². The second kappa shape index (κ2) is 8.70. The molecule has 142 valence electrons. The molecule has 4 rings (SSSR count). The lowest BCUT2D eigenvalue weighted by Crippen LogP contribution is -2.19. The number of fused-ring (bicyclic) bond motifs is 3. The molecule has 0 spiro atoms. The molecule has 3 aromatic rings. The van der Waals surface area contributed by atoms with Crippen LogP contribution in [0.3, 0.4) is 0 Å². The first-order valence-electron chi connectivity index (χ1n) is 10.0. The molecular formula is C22H25BrN2OS. The van der Waals surface area contributed by atoms with Crippen LogP contribution in [0.15, 0.2) is 39.9 Å². The molecule has 0 atom stereocenters. The van der Waals surface area contributed by atoms with Gasteiger partial charge in [0.25, 0.3) is 5.56 Å². The van der Waals surface area contributed by atoms with Crippen LogP contribution in [0.1, 0.15) is 61.8 Å². The smallest absolute Gasteiger partial charge is 0.266 e. The Kier molecular flexibility index (Phi) is 6.08. The average molecular weight is 445 g/mol. The van der Waals surface area contributed by atoms with E-state index in [1.165, 1.54) is 61.8 Å². The Morgan fingerprint density at radius 3 is 2.41 bits per heavy atom. The molecule has 1 aliphatic rings. The fraction of sp³-hybridized carbons (Fsp3) is 0.455. The largest absolute Gasteiger partial charge is 0.268 e. The predicted molar refractivity (Wildman–Crippen MR) is 117 cm³/mol. The molecule has 0 N–H and O–H groups in total. The van der Waals surface area contributed by atoms with Gasteiger partial charge in [0.15, 0.2) is 0 Å². The van der Waals surface area contributed by atoms with Crippen molar-refractivity contribution in [2.45, 2.75) is 64.2 Å².